The summed E-state index contributed by atoms with van der Waals surface area (Å²) >= 11 is 0. The molecule has 0 atom stereocenters. The predicted molar refractivity (Wildman–Crippen MR) is 86.6 cm³/mol. The van der Waals surface area contributed by atoms with Crippen molar-refractivity contribution in [3.63, 3.8) is 0 Å². The van der Waals surface area contributed by atoms with E-state index in [-0.39, 0.29) is 0 Å². The van der Waals surface area contributed by atoms with Crippen molar-refractivity contribution in [3.05, 3.63) is 48.1 Å². The van der Waals surface area contributed by atoms with Crippen molar-refractivity contribution in [2.45, 2.75) is 13.5 Å². The van der Waals surface area contributed by atoms with Crippen LogP contribution in [-0.2, 0) is 6.54 Å². The average molecular weight is 309 g/mol. The van der Waals surface area contributed by atoms with Crippen LogP contribution >= 0.6 is 0 Å². The summed E-state index contributed by atoms with van der Waals surface area (Å²) in [6.45, 7) is 2.21. The molecular weight excluding hydrogens is 294 g/mol. The molecule has 23 heavy (non-hydrogen) atoms. The molecule has 6 heteroatoms. The fourth-order valence-corrected chi connectivity index (χ4v) is 2.64. The molecule has 0 aliphatic heterocycles. The summed E-state index contributed by atoms with van der Waals surface area (Å²) in [7, 11) is 1.64. The maximum atomic E-state index is 5.90. The number of fused-ring (bicyclic) bond motifs is 3. The molecule has 0 unspecified atom stereocenters. The van der Waals surface area contributed by atoms with Gasteiger partial charge in [0.2, 0.25) is 5.89 Å². The minimum atomic E-state index is 0.420. The maximum absolute atomic E-state index is 5.90. The lowest BCUT2D eigenvalue weighted by molar-refractivity contribution is 0.379. The number of para-hydroxylation sites is 1. The number of ether oxygens (including phenoxy) is 1. The molecule has 0 fully saturated rings. The molecule has 0 saturated heterocycles. The molecule has 0 spiro atoms. The monoisotopic (exact) mass is 309 g/mol. The van der Waals surface area contributed by atoms with Gasteiger partial charge in [-0.05, 0) is 19.1 Å². The molecule has 0 bridgehead atoms. The smallest absolute Gasteiger partial charge is 0.245 e. The molecule has 116 valence electrons. The Morgan fingerprint density at radius 1 is 1.13 bits per heavy atom. The Labute approximate surface area is 132 Å². The van der Waals surface area contributed by atoms with Gasteiger partial charge in [0.1, 0.15) is 16.9 Å². The number of methoxy groups -OCH3 is 1. The number of benzene rings is 2. The van der Waals surface area contributed by atoms with Gasteiger partial charge in [-0.3, -0.25) is 0 Å². The van der Waals surface area contributed by atoms with Crippen molar-refractivity contribution in [2.24, 2.45) is 0 Å². The van der Waals surface area contributed by atoms with E-state index in [4.69, 9.17) is 13.7 Å². The normalized spacial score (nSPS) is 11.2. The molecule has 4 rings (SSSR count). The predicted octanol–water partition coefficient (Wildman–Crippen LogP) is 3.90. The molecular formula is C17H15N3O3. The van der Waals surface area contributed by atoms with Gasteiger partial charge in [0.05, 0.1) is 19.3 Å². The van der Waals surface area contributed by atoms with E-state index >= 15 is 0 Å². The van der Waals surface area contributed by atoms with E-state index in [1.165, 1.54) is 0 Å². The Bertz CT molecular complexity index is 987. The number of nitrogens with zero attached hydrogens (tertiary/aromatic N) is 2. The first-order valence-corrected chi connectivity index (χ1v) is 7.27. The number of aryl methyl sites for hydroxylation is 1. The standard InChI is InChI=1S/C17H15N3O3/c1-10-19-17(23-20-10)9-18-13-8-15-12(7-16(13)21-2)11-5-3-4-6-14(11)22-15/h3-8,18H,9H2,1-2H3. The van der Waals surface area contributed by atoms with Crippen LogP contribution in [0.3, 0.4) is 0 Å². The van der Waals surface area contributed by atoms with Crippen molar-refractivity contribution in [2.75, 3.05) is 12.4 Å². The number of nitrogens with one attached hydrogen (secondary N) is 1. The van der Waals surface area contributed by atoms with Gasteiger partial charge in [-0.25, -0.2) is 0 Å². The summed E-state index contributed by atoms with van der Waals surface area (Å²) < 4.78 is 16.5. The van der Waals surface area contributed by atoms with Crippen LogP contribution in [0.2, 0.25) is 0 Å². The molecule has 2 aromatic heterocycles. The van der Waals surface area contributed by atoms with E-state index in [2.05, 4.69) is 15.5 Å². The highest BCUT2D eigenvalue weighted by atomic mass is 16.5. The molecule has 0 aliphatic rings. The Kier molecular flexibility index (Phi) is 3.15. The lowest BCUT2D eigenvalue weighted by Crippen LogP contribution is -2.01. The minimum absolute atomic E-state index is 0.420. The largest absolute Gasteiger partial charge is 0.495 e. The SMILES string of the molecule is COc1cc2c(cc1NCc1nc(C)no1)oc1ccccc12. The van der Waals surface area contributed by atoms with E-state index in [1.54, 1.807) is 14.0 Å². The summed E-state index contributed by atoms with van der Waals surface area (Å²) in [5.41, 5.74) is 2.47. The number of hydrogen-bond donors (Lipinski definition) is 1. The number of furan rings is 1. The van der Waals surface area contributed by atoms with Crippen LogP contribution in [0.4, 0.5) is 5.69 Å². The van der Waals surface area contributed by atoms with Crippen LogP contribution in [0.25, 0.3) is 21.9 Å². The first kappa shape index (κ1) is 13.6. The Balaban J connectivity index is 1.74. The topological polar surface area (TPSA) is 73.3 Å². The molecule has 0 amide bonds. The molecule has 1 N–H and O–H groups in total. The molecule has 0 aliphatic carbocycles. The summed E-state index contributed by atoms with van der Waals surface area (Å²) in [6, 6.07) is 11.8. The summed E-state index contributed by atoms with van der Waals surface area (Å²) in [5, 5.41) is 9.12. The van der Waals surface area contributed by atoms with Crippen LogP contribution in [0.15, 0.2) is 45.3 Å². The zero-order valence-corrected chi connectivity index (χ0v) is 12.8. The van der Waals surface area contributed by atoms with Crippen LogP contribution in [0, 0.1) is 6.92 Å². The first-order valence-electron chi connectivity index (χ1n) is 7.27. The fourth-order valence-electron chi connectivity index (χ4n) is 2.64. The highest BCUT2D eigenvalue weighted by molar-refractivity contribution is 6.06. The quantitative estimate of drug-likeness (QED) is 0.616. The van der Waals surface area contributed by atoms with Crippen LogP contribution < -0.4 is 10.1 Å². The Morgan fingerprint density at radius 3 is 2.78 bits per heavy atom. The van der Waals surface area contributed by atoms with Gasteiger partial charge in [0, 0.05) is 16.8 Å². The van der Waals surface area contributed by atoms with E-state index < -0.39 is 0 Å². The second kappa shape index (κ2) is 5.31. The third kappa shape index (κ3) is 2.38. The van der Waals surface area contributed by atoms with Crippen molar-refractivity contribution < 1.29 is 13.7 Å². The maximum Gasteiger partial charge on any atom is 0.245 e. The zero-order chi connectivity index (χ0) is 15.8. The van der Waals surface area contributed by atoms with Gasteiger partial charge in [-0.2, -0.15) is 4.98 Å². The molecule has 0 radical (unpaired) electrons. The number of rotatable bonds is 4. The van der Waals surface area contributed by atoms with Crippen molar-refractivity contribution >= 4 is 27.6 Å². The van der Waals surface area contributed by atoms with E-state index in [0.29, 0.717) is 18.3 Å². The highest BCUT2D eigenvalue weighted by Crippen LogP contribution is 2.36. The molecule has 6 nitrogen and oxygen atoms in total. The van der Waals surface area contributed by atoms with Crippen molar-refractivity contribution in [3.8, 4) is 5.75 Å². The summed E-state index contributed by atoms with van der Waals surface area (Å²) in [6.07, 6.45) is 0. The second-order valence-electron chi connectivity index (χ2n) is 5.24. The van der Waals surface area contributed by atoms with Crippen LogP contribution in [-0.4, -0.2) is 17.3 Å². The third-order valence-corrected chi connectivity index (χ3v) is 3.70. The van der Waals surface area contributed by atoms with E-state index in [9.17, 15) is 0 Å². The Morgan fingerprint density at radius 2 is 2.00 bits per heavy atom. The van der Waals surface area contributed by atoms with Gasteiger partial charge >= 0.3 is 0 Å². The van der Waals surface area contributed by atoms with Gasteiger partial charge < -0.3 is 19.0 Å². The van der Waals surface area contributed by atoms with E-state index in [0.717, 1.165) is 33.4 Å². The molecule has 2 heterocycles. The second-order valence-corrected chi connectivity index (χ2v) is 5.24. The lowest BCUT2D eigenvalue weighted by Gasteiger charge is -2.09. The Hall–Kier alpha value is -3.02. The van der Waals surface area contributed by atoms with Crippen molar-refractivity contribution in [1.82, 2.24) is 10.1 Å². The van der Waals surface area contributed by atoms with E-state index in [1.807, 2.05) is 36.4 Å². The van der Waals surface area contributed by atoms with Gasteiger partial charge in [0.25, 0.3) is 0 Å². The molecule has 2 aromatic carbocycles. The van der Waals surface area contributed by atoms with Crippen molar-refractivity contribution in [1.29, 1.82) is 0 Å². The highest BCUT2D eigenvalue weighted by Gasteiger charge is 2.12. The number of anilines is 1. The fraction of sp³-hybridized carbons (Fsp3) is 0.176. The number of hydrogen-bond acceptors (Lipinski definition) is 6. The zero-order valence-electron chi connectivity index (χ0n) is 12.8. The summed E-state index contributed by atoms with van der Waals surface area (Å²) in [4.78, 5) is 4.17. The van der Waals surface area contributed by atoms with Gasteiger partial charge in [-0.1, -0.05) is 23.4 Å². The van der Waals surface area contributed by atoms with Crippen LogP contribution in [0.1, 0.15) is 11.7 Å². The number of aromatic nitrogens is 2. The van der Waals surface area contributed by atoms with Gasteiger partial charge in [-0.15, -0.1) is 0 Å². The van der Waals surface area contributed by atoms with Crippen LogP contribution in [0.5, 0.6) is 5.75 Å². The molecule has 0 saturated carbocycles. The summed E-state index contributed by atoms with van der Waals surface area (Å²) in [5.74, 6) is 1.87. The minimum Gasteiger partial charge on any atom is -0.495 e. The third-order valence-electron chi connectivity index (χ3n) is 3.70. The first-order chi connectivity index (χ1) is 11.2. The average Bonchev–Trinajstić information content (AvgIpc) is 3.14. The lowest BCUT2D eigenvalue weighted by atomic mass is 10.1. The van der Waals surface area contributed by atoms with Gasteiger partial charge in [0.15, 0.2) is 5.82 Å². The molecule has 4 aromatic rings.